The van der Waals surface area contributed by atoms with Gasteiger partial charge in [0.15, 0.2) is 0 Å². The van der Waals surface area contributed by atoms with Crippen molar-refractivity contribution in [1.29, 1.82) is 0 Å². The molecule has 4 heteroatoms. The molecular formula is C21H23BrN2O. The number of rotatable bonds is 4. The predicted octanol–water partition coefficient (Wildman–Crippen LogP) is 3.70. The highest BCUT2D eigenvalue weighted by atomic mass is 79.9. The van der Waals surface area contributed by atoms with Crippen LogP contribution in [0.5, 0.6) is 0 Å². The Bertz CT molecular complexity index is 781. The lowest BCUT2D eigenvalue weighted by atomic mass is 9.83. The quantitative estimate of drug-likeness (QED) is 0.851. The lowest BCUT2D eigenvalue weighted by Gasteiger charge is -2.52. The van der Waals surface area contributed by atoms with Crippen LogP contribution in [0.15, 0.2) is 53.0 Å². The molecule has 1 heterocycles. The van der Waals surface area contributed by atoms with Crippen LogP contribution < -0.4 is 5.32 Å². The molecule has 4 rings (SSSR count). The zero-order chi connectivity index (χ0) is 17.4. The van der Waals surface area contributed by atoms with Crippen molar-refractivity contribution in [2.75, 3.05) is 6.54 Å². The maximum atomic E-state index is 12.9. The molecule has 1 unspecified atom stereocenters. The monoisotopic (exact) mass is 398 g/mol. The molecule has 1 aliphatic heterocycles. The summed E-state index contributed by atoms with van der Waals surface area (Å²) < 4.78 is 1.04. The van der Waals surface area contributed by atoms with Crippen LogP contribution >= 0.6 is 15.9 Å². The number of halogens is 1. The van der Waals surface area contributed by atoms with Gasteiger partial charge in [0.2, 0.25) is 5.91 Å². The molecule has 1 saturated heterocycles. The first kappa shape index (κ1) is 16.8. The predicted molar refractivity (Wildman–Crippen MR) is 103 cm³/mol. The van der Waals surface area contributed by atoms with Crippen molar-refractivity contribution in [1.82, 2.24) is 10.2 Å². The van der Waals surface area contributed by atoms with Gasteiger partial charge in [-0.1, -0.05) is 58.4 Å². The highest BCUT2D eigenvalue weighted by Gasteiger charge is 2.50. The largest absolute Gasteiger partial charge is 0.350 e. The zero-order valence-corrected chi connectivity index (χ0v) is 16.1. The Morgan fingerprint density at radius 2 is 1.80 bits per heavy atom. The molecule has 2 aliphatic rings. The summed E-state index contributed by atoms with van der Waals surface area (Å²) in [5.74, 6) is 0.144. The van der Waals surface area contributed by atoms with E-state index in [2.05, 4.69) is 57.3 Å². The van der Waals surface area contributed by atoms with E-state index >= 15 is 0 Å². The van der Waals surface area contributed by atoms with Crippen molar-refractivity contribution < 1.29 is 4.79 Å². The van der Waals surface area contributed by atoms with Crippen LogP contribution in [0, 0.1) is 0 Å². The normalized spacial score (nSPS) is 23.1. The molecule has 3 nitrogen and oxygen atoms in total. The minimum atomic E-state index is -0.381. The summed E-state index contributed by atoms with van der Waals surface area (Å²) in [4.78, 5) is 15.3. The number of carbonyl (C=O) groups excluding carboxylic acids is 1. The molecular weight excluding hydrogens is 376 g/mol. The Morgan fingerprint density at radius 3 is 2.40 bits per heavy atom. The summed E-state index contributed by atoms with van der Waals surface area (Å²) in [5, 5.41) is 3.15. The first-order valence-corrected chi connectivity index (χ1v) is 9.72. The van der Waals surface area contributed by atoms with Gasteiger partial charge in [-0.3, -0.25) is 9.69 Å². The smallest absolute Gasteiger partial charge is 0.240 e. The van der Waals surface area contributed by atoms with E-state index in [0.29, 0.717) is 12.6 Å². The van der Waals surface area contributed by atoms with Crippen molar-refractivity contribution in [3.8, 4) is 0 Å². The molecule has 2 aromatic rings. The maximum Gasteiger partial charge on any atom is 0.240 e. The molecule has 2 aromatic carbocycles. The van der Waals surface area contributed by atoms with Crippen molar-refractivity contribution in [3.05, 3.63) is 69.7 Å². The molecule has 1 aliphatic carbocycles. The maximum absolute atomic E-state index is 12.9. The number of fused-ring (bicyclic) bond motifs is 1. The Hall–Kier alpha value is -1.65. The Morgan fingerprint density at radius 1 is 1.16 bits per heavy atom. The fourth-order valence-corrected chi connectivity index (χ4v) is 4.59. The second-order valence-electron chi connectivity index (χ2n) is 7.32. The highest BCUT2D eigenvalue weighted by molar-refractivity contribution is 9.10. The van der Waals surface area contributed by atoms with Gasteiger partial charge in [-0.2, -0.15) is 0 Å². The minimum absolute atomic E-state index is 0.144. The number of carbonyl (C=O) groups is 1. The first-order chi connectivity index (χ1) is 12.1. The Kier molecular flexibility index (Phi) is 4.42. The molecule has 0 bridgehead atoms. The Balaban J connectivity index is 1.42. The molecule has 0 aromatic heterocycles. The van der Waals surface area contributed by atoms with Crippen LogP contribution in [0.4, 0.5) is 0 Å². The van der Waals surface area contributed by atoms with E-state index in [1.807, 2.05) is 24.3 Å². The van der Waals surface area contributed by atoms with Gasteiger partial charge in [-0.05, 0) is 48.9 Å². The van der Waals surface area contributed by atoms with Gasteiger partial charge >= 0.3 is 0 Å². The number of hydrogen-bond acceptors (Lipinski definition) is 2. The van der Waals surface area contributed by atoms with Gasteiger partial charge in [0, 0.05) is 23.6 Å². The second kappa shape index (κ2) is 6.58. The number of amides is 1. The molecule has 1 N–H and O–H groups in total. The zero-order valence-electron chi connectivity index (χ0n) is 14.5. The van der Waals surface area contributed by atoms with Gasteiger partial charge in [0.25, 0.3) is 0 Å². The molecule has 1 atom stereocenters. The standard InChI is InChI=1S/C21H23BrN2O/c1-21(20(25)23-14-17-8-4-5-9-19(17)22)10-11-24(21)18-12-15-6-2-3-7-16(15)13-18/h2-9,18H,10-14H2,1H3,(H,23,25). The van der Waals surface area contributed by atoms with Crippen molar-refractivity contribution in [2.24, 2.45) is 0 Å². The summed E-state index contributed by atoms with van der Waals surface area (Å²) in [6, 6.07) is 17.2. The molecule has 0 saturated carbocycles. The fraction of sp³-hybridized carbons (Fsp3) is 0.381. The van der Waals surface area contributed by atoms with Gasteiger partial charge in [0.05, 0.1) is 5.54 Å². The van der Waals surface area contributed by atoms with Crippen LogP contribution in [-0.2, 0) is 24.2 Å². The molecule has 1 amide bonds. The minimum Gasteiger partial charge on any atom is -0.350 e. The van der Waals surface area contributed by atoms with E-state index in [4.69, 9.17) is 0 Å². The molecule has 0 radical (unpaired) electrons. The number of benzene rings is 2. The van der Waals surface area contributed by atoms with E-state index < -0.39 is 0 Å². The fourth-order valence-electron chi connectivity index (χ4n) is 4.17. The van der Waals surface area contributed by atoms with Crippen LogP contribution in [0.25, 0.3) is 0 Å². The first-order valence-electron chi connectivity index (χ1n) is 8.93. The van der Waals surface area contributed by atoms with E-state index in [0.717, 1.165) is 35.8 Å². The second-order valence-corrected chi connectivity index (χ2v) is 8.18. The van der Waals surface area contributed by atoms with Gasteiger partial charge in [0.1, 0.15) is 0 Å². The topological polar surface area (TPSA) is 32.3 Å². The average molecular weight is 399 g/mol. The van der Waals surface area contributed by atoms with E-state index in [-0.39, 0.29) is 11.4 Å². The van der Waals surface area contributed by atoms with Crippen LogP contribution in [0.3, 0.4) is 0 Å². The SMILES string of the molecule is CC1(C(=O)NCc2ccccc2Br)CCN1C1Cc2ccccc2C1. The van der Waals surface area contributed by atoms with Crippen LogP contribution in [0.2, 0.25) is 0 Å². The average Bonchev–Trinajstić information content (AvgIpc) is 3.02. The van der Waals surface area contributed by atoms with Crippen LogP contribution in [0.1, 0.15) is 30.0 Å². The molecule has 25 heavy (non-hydrogen) atoms. The number of hydrogen-bond donors (Lipinski definition) is 1. The summed E-state index contributed by atoms with van der Waals surface area (Å²) in [6.45, 7) is 3.67. The van der Waals surface area contributed by atoms with Crippen molar-refractivity contribution in [2.45, 2.75) is 44.3 Å². The lowest BCUT2D eigenvalue weighted by molar-refractivity contribution is -0.144. The number of likely N-dealkylation sites (tertiary alicyclic amines) is 1. The molecule has 0 spiro atoms. The third kappa shape index (κ3) is 3.02. The summed E-state index contributed by atoms with van der Waals surface area (Å²) in [5.41, 5.74) is 3.61. The van der Waals surface area contributed by atoms with Crippen molar-refractivity contribution >= 4 is 21.8 Å². The van der Waals surface area contributed by atoms with Gasteiger partial charge in [-0.25, -0.2) is 0 Å². The highest BCUT2D eigenvalue weighted by Crippen LogP contribution is 2.38. The summed E-state index contributed by atoms with van der Waals surface area (Å²) in [6.07, 6.45) is 3.05. The molecule has 130 valence electrons. The molecule has 1 fully saturated rings. The third-order valence-electron chi connectivity index (χ3n) is 5.83. The van der Waals surface area contributed by atoms with Gasteiger partial charge in [-0.15, -0.1) is 0 Å². The Labute approximate surface area is 157 Å². The van der Waals surface area contributed by atoms with E-state index in [9.17, 15) is 4.79 Å². The number of nitrogens with zero attached hydrogens (tertiary/aromatic N) is 1. The third-order valence-corrected chi connectivity index (χ3v) is 6.60. The van der Waals surface area contributed by atoms with Crippen LogP contribution in [-0.4, -0.2) is 28.9 Å². The van der Waals surface area contributed by atoms with E-state index in [1.54, 1.807) is 0 Å². The summed E-state index contributed by atoms with van der Waals surface area (Å²) >= 11 is 3.55. The van der Waals surface area contributed by atoms with Gasteiger partial charge < -0.3 is 5.32 Å². The van der Waals surface area contributed by atoms with Crippen molar-refractivity contribution in [3.63, 3.8) is 0 Å². The summed E-state index contributed by atoms with van der Waals surface area (Å²) in [7, 11) is 0. The van der Waals surface area contributed by atoms with E-state index in [1.165, 1.54) is 11.1 Å². The lowest BCUT2D eigenvalue weighted by Crippen LogP contribution is -2.68. The number of nitrogens with one attached hydrogen (secondary N) is 1.